The van der Waals surface area contributed by atoms with Gasteiger partial charge < -0.3 is 10.5 Å². The summed E-state index contributed by atoms with van der Waals surface area (Å²) in [5.41, 5.74) is 5.39. The second-order valence-corrected chi connectivity index (χ2v) is 4.67. The molecule has 0 heterocycles. The first-order chi connectivity index (χ1) is 7.25. The molecule has 0 spiro atoms. The molecule has 0 aliphatic heterocycles. The molecule has 0 amide bonds. The number of halogens is 1. The fourth-order valence-corrected chi connectivity index (χ4v) is 2.45. The minimum atomic E-state index is 0. The highest BCUT2D eigenvalue weighted by Gasteiger charge is 2.23. The van der Waals surface area contributed by atoms with E-state index >= 15 is 0 Å². The zero-order valence-electron chi connectivity index (χ0n) is 10.7. The van der Waals surface area contributed by atoms with Gasteiger partial charge in [0, 0.05) is 25.2 Å². The summed E-state index contributed by atoms with van der Waals surface area (Å²) in [4.78, 5) is 2.59. The van der Waals surface area contributed by atoms with Crippen LogP contribution in [0, 0.1) is 0 Å². The van der Waals surface area contributed by atoms with Crippen molar-refractivity contribution in [2.24, 2.45) is 5.73 Å². The molecule has 0 unspecified atom stereocenters. The number of ether oxygens (including phenoxy) is 1. The van der Waals surface area contributed by atoms with Gasteiger partial charge in [-0.2, -0.15) is 0 Å². The normalized spacial score (nSPS) is 17.1. The summed E-state index contributed by atoms with van der Waals surface area (Å²) < 4.78 is 5.46. The van der Waals surface area contributed by atoms with Gasteiger partial charge in [-0.15, -0.1) is 12.4 Å². The lowest BCUT2D eigenvalue weighted by Crippen LogP contribution is -2.41. The highest BCUT2D eigenvalue weighted by molar-refractivity contribution is 5.85. The average molecular weight is 251 g/mol. The highest BCUT2D eigenvalue weighted by atomic mass is 35.5. The molecule has 1 saturated carbocycles. The van der Waals surface area contributed by atoms with Gasteiger partial charge in [-0.1, -0.05) is 12.8 Å². The van der Waals surface area contributed by atoms with Gasteiger partial charge in [-0.3, -0.25) is 4.90 Å². The van der Waals surface area contributed by atoms with Gasteiger partial charge in [-0.25, -0.2) is 0 Å². The maximum Gasteiger partial charge on any atom is 0.0594 e. The number of nitrogens with zero attached hydrogens (tertiary/aromatic N) is 1. The molecule has 1 rings (SSSR count). The van der Waals surface area contributed by atoms with Crippen molar-refractivity contribution in [1.82, 2.24) is 4.90 Å². The van der Waals surface area contributed by atoms with Crippen LogP contribution in [0.25, 0.3) is 0 Å². The SMILES string of the molecule is CC(C)N(CCOCCN)C1CCCC1.Cl. The van der Waals surface area contributed by atoms with Gasteiger partial charge in [0.15, 0.2) is 0 Å². The summed E-state index contributed by atoms with van der Waals surface area (Å²) in [7, 11) is 0. The minimum absolute atomic E-state index is 0. The maximum atomic E-state index is 5.46. The van der Waals surface area contributed by atoms with Gasteiger partial charge in [-0.05, 0) is 26.7 Å². The predicted molar refractivity (Wildman–Crippen MR) is 71.2 cm³/mol. The highest BCUT2D eigenvalue weighted by Crippen LogP contribution is 2.24. The Kier molecular flexibility index (Phi) is 9.32. The van der Waals surface area contributed by atoms with Crippen molar-refractivity contribution in [1.29, 1.82) is 0 Å². The monoisotopic (exact) mass is 250 g/mol. The van der Waals surface area contributed by atoms with E-state index in [9.17, 15) is 0 Å². The van der Waals surface area contributed by atoms with Gasteiger partial charge in [0.2, 0.25) is 0 Å². The molecule has 0 bridgehead atoms. The van der Waals surface area contributed by atoms with Crippen LogP contribution in [0.2, 0.25) is 0 Å². The fraction of sp³-hybridized carbons (Fsp3) is 1.00. The number of hydrogen-bond donors (Lipinski definition) is 1. The summed E-state index contributed by atoms with van der Waals surface area (Å²) in [6.45, 7) is 7.76. The lowest BCUT2D eigenvalue weighted by molar-refractivity contribution is 0.0752. The zero-order valence-corrected chi connectivity index (χ0v) is 11.5. The Labute approximate surface area is 106 Å². The Morgan fingerprint density at radius 3 is 2.38 bits per heavy atom. The molecule has 2 N–H and O–H groups in total. The van der Waals surface area contributed by atoms with Crippen molar-refractivity contribution in [3.8, 4) is 0 Å². The van der Waals surface area contributed by atoms with Gasteiger partial charge >= 0.3 is 0 Å². The van der Waals surface area contributed by atoms with E-state index < -0.39 is 0 Å². The largest absolute Gasteiger partial charge is 0.379 e. The second kappa shape index (κ2) is 9.23. The molecular formula is C12H27ClN2O. The van der Waals surface area contributed by atoms with Crippen molar-refractivity contribution in [3.63, 3.8) is 0 Å². The first-order valence-corrected chi connectivity index (χ1v) is 6.29. The van der Waals surface area contributed by atoms with Crippen LogP contribution < -0.4 is 5.73 Å². The van der Waals surface area contributed by atoms with Crippen LogP contribution in [0.15, 0.2) is 0 Å². The quantitative estimate of drug-likeness (QED) is 0.703. The standard InChI is InChI=1S/C12H26N2O.ClH/c1-11(2)14(8-10-15-9-7-13)12-5-3-4-6-12;/h11-12H,3-10,13H2,1-2H3;1H. The van der Waals surface area contributed by atoms with Crippen molar-refractivity contribution in [2.45, 2.75) is 51.6 Å². The van der Waals surface area contributed by atoms with Crippen LogP contribution >= 0.6 is 12.4 Å². The van der Waals surface area contributed by atoms with E-state index in [1.807, 2.05) is 0 Å². The number of rotatable bonds is 7. The number of hydrogen-bond acceptors (Lipinski definition) is 3. The molecule has 0 atom stereocenters. The summed E-state index contributed by atoms with van der Waals surface area (Å²) >= 11 is 0. The van der Waals surface area contributed by atoms with Crippen LogP contribution in [0.4, 0.5) is 0 Å². The molecule has 1 aliphatic rings. The van der Waals surface area contributed by atoms with Crippen molar-refractivity contribution >= 4 is 12.4 Å². The van der Waals surface area contributed by atoms with E-state index in [0.717, 1.165) is 19.2 Å². The Morgan fingerprint density at radius 1 is 1.25 bits per heavy atom. The van der Waals surface area contributed by atoms with Gasteiger partial charge in [0.05, 0.1) is 13.2 Å². The molecular weight excluding hydrogens is 224 g/mol. The molecule has 0 aromatic rings. The van der Waals surface area contributed by atoms with Crippen molar-refractivity contribution < 1.29 is 4.74 Å². The van der Waals surface area contributed by atoms with Crippen LogP contribution in [-0.2, 0) is 4.74 Å². The molecule has 4 heteroatoms. The van der Waals surface area contributed by atoms with E-state index in [-0.39, 0.29) is 12.4 Å². The predicted octanol–water partition coefficient (Wildman–Crippen LogP) is 2.04. The lowest BCUT2D eigenvalue weighted by atomic mass is 10.1. The van der Waals surface area contributed by atoms with E-state index in [2.05, 4.69) is 18.7 Å². The summed E-state index contributed by atoms with van der Waals surface area (Å²) in [5.74, 6) is 0. The van der Waals surface area contributed by atoms with E-state index in [1.165, 1.54) is 25.7 Å². The third-order valence-electron chi connectivity index (χ3n) is 3.21. The van der Waals surface area contributed by atoms with Gasteiger partial charge in [0.1, 0.15) is 0 Å². The minimum Gasteiger partial charge on any atom is -0.379 e. The zero-order chi connectivity index (χ0) is 11.1. The topological polar surface area (TPSA) is 38.5 Å². The fourth-order valence-electron chi connectivity index (χ4n) is 2.45. The Bertz CT molecular complexity index is 161. The molecule has 0 saturated heterocycles. The van der Waals surface area contributed by atoms with Crippen molar-refractivity contribution in [2.75, 3.05) is 26.3 Å². The van der Waals surface area contributed by atoms with Gasteiger partial charge in [0.25, 0.3) is 0 Å². The molecule has 1 aliphatic carbocycles. The van der Waals surface area contributed by atoms with Crippen LogP contribution in [0.1, 0.15) is 39.5 Å². The van der Waals surface area contributed by atoms with Crippen molar-refractivity contribution in [3.05, 3.63) is 0 Å². The van der Waals surface area contributed by atoms with E-state index in [4.69, 9.17) is 10.5 Å². The third-order valence-corrected chi connectivity index (χ3v) is 3.21. The van der Waals surface area contributed by atoms with E-state index in [0.29, 0.717) is 19.2 Å². The van der Waals surface area contributed by atoms with Crippen LogP contribution in [0.3, 0.4) is 0 Å². The summed E-state index contributed by atoms with van der Waals surface area (Å²) in [5, 5.41) is 0. The van der Waals surface area contributed by atoms with Crippen LogP contribution in [-0.4, -0.2) is 43.3 Å². The molecule has 0 radical (unpaired) electrons. The Balaban J connectivity index is 0.00000225. The molecule has 0 aromatic heterocycles. The first kappa shape index (κ1) is 16.2. The van der Waals surface area contributed by atoms with E-state index in [1.54, 1.807) is 0 Å². The first-order valence-electron chi connectivity index (χ1n) is 6.29. The molecule has 1 fully saturated rings. The van der Waals surface area contributed by atoms with Crippen LogP contribution in [0.5, 0.6) is 0 Å². The summed E-state index contributed by atoms with van der Waals surface area (Å²) in [6, 6.07) is 1.43. The molecule has 3 nitrogen and oxygen atoms in total. The smallest absolute Gasteiger partial charge is 0.0594 e. The Hall–Kier alpha value is 0.170. The summed E-state index contributed by atoms with van der Waals surface area (Å²) in [6.07, 6.45) is 5.54. The lowest BCUT2D eigenvalue weighted by Gasteiger charge is -2.32. The molecule has 16 heavy (non-hydrogen) atoms. The molecule has 0 aromatic carbocycles. The molecule has 98 valence electrons. The second-order valence-electron chi connectivity index (χ2n) is 4.67. The average Bonchev–Trinajstić information content (AvgIpc) is 2.70. The number of nitrogens with two attached hydrogens (primary N) is 1. The Morgan fingerprint density at radius 2 is 1.88 bits per heavy atom. The third kappa shape index (κ3) is 5.48. The maximum absolute atomic E-state index is 5.46.